The number of ether oxygens (including phenoxy) is 1. The van der Waals surface area contributed by atoms with Crippen LogP contribution in [0.15, 0.2) is 40.5 Å². The van der Waals surface area contributed by atoms with Gasteiger partial charge in [-0.05, 0) is 34.1 Å². The van der Waals surface area contributed by atoms with Gasteiger partial charge in [0.25, 0.3) is 0 Å². The lowest BCUT2D eigenvalue weighted by Crippen LogP contribution is -2.62. The molecule has 6 heteroatoms. The highest BCUT2D eigenvalue weighted by molar-refractivity contribution is 5.94. The molecule has 1 N–H and O–H groups in total. The zero-order valence-corrected chi connectivity index (χ0v) is 22.7. The summed E-state index contributed by atoms with van der Waals surface area (Å²) in [6.07, 6.45) is 0. The monoisotopic (exact) mass is 469 g/mol. The van der Waals surface area contributed by atoms with Gasteiger partial charge in [-0.1, -0.05) is 74.4 Å². The van der Waals surface area contributed by atoms with Crippen LogP contribution < -0.4 is 4.74 Å². The number of aliphatic imine (C=N–C) groups is 1. The number of amidine groups is 1. The predicted octanol–water partition coefficient (Wildman–Crippen LogP) is 5.44. The Labute approximate surface area is 205 Å². The van der Waals surface area contributed by atoms with E-state index in [9.17, 15) is 9.90 Å². The first-order valence-corrected chi connectivity index (χ1v) is 12.2. The second-order valence-corrected chi connectivity index (χ2v) is 12.8. The van der Waals surface area contributed by atoms with Gasteiger partial charge in [-0.15, -0.1) is 0 Å². The van der Waals surface area contributed by atoms with Crippen molar-refractivity contribution in [2.24, 2.45) is 21.2 Å². The van der Waals surface area contributed by atoms with Crippen LogP contribution in [-0.4, -0.2) is 59.0 Å². The standard InChI is InChI=1S/C28H43N3O3/c1-26(2,3)22-20-16-30(15-18-11-13-19(34-10)14-12-18)17-21(24(32)33)31(20)25(28(7,8)9)29-23(22)27(4,5)6/h11-14,21,23H,15-17H2,1-10H3,(H,32,33). The predicted molar refractivity (Wildman–Crippen MR) is 138 cm³/mol. The van der Waals surface area contributed by atoms with Gasteiger partial charge >= 0.3 is 5.97 Å². The first-order valence-electron chi connectivity index (χ1n) is 12.2. The molecule has 188 valence electrons. The number of methoxy groups -OCH3 is 1. The van der Waals surface area contributed by atoms with Gasteiger partial charge in [-0.25, -0.2) is 4.79 Å². The number of carboxylic acid groups (broad SMARTS) is 1. The lowest BCUT2D eigenvalue weighted by molar-refractivity contribution is -0.143. The van der Waals surface area contributed by atoms with Crippen LogP contribution in [0.25, 0.3) is 0 Å². The van der Waals surface area contributed by atoms with Gasteiger partial charge in [0.2, 0.25) is 0 Å². The van der Waals surface area contributed by atoms with Crippen molar-refractivity contribution in [2.45, 2.75) is 80.9 Å². The van der Waals surface area contributed by atoms with E-state index in [1.54, 1.807) is 7.11 Å². The van der Waals surface area contributed by atoms with E-state index in [-0.39, 0.29) is 22.3 Å². The van der Waals surface area contributed by atoms with E-state index >= 15 is 0 Å². The summed E-state index contributed by atoms with van der Waals surface area (Å²) < 4.78 is 5.30. The number of rotatable bonds is 4. The lowest BCUT2D eigenvalue weighted by atomic mass is 9.70. The number of hydrogen-bond acceptors (Lipinski definition) is 5. The fourth-order valence-electron chi connectivity index (χ4n) is 5.09. The van der Waals surface area contributed by atoms with Crippen molar-refractivity contribution in [1.29, 1.82) is 0 Å². The third kappa shape index (κ3) is 5.32. The van der Waals surface area contributed by atoms with Crippen molar-refractivity contribution in [3.8, 4) is 5.75 Å². The number of carboxylic acids is 1. The molecule has 1 saturated heterocycles. The summed E-state index contributed by atoms with van der Waals surface area (Å²) in [4.78, 5) is 22.3. The Kier molecular flexibility index (Phi) is 6.97. The molecule has 1 aromatic carbocycles. The average Bonchev–Trinajstić information content (AvgIpc) is 2.70. The zero-order valence-electron chi connectivity index (χ0n) is 22.7. The molecule has 2 heterocycles. The molecule has 0 aliphatic carbocycles. The van der Waals surface area contributed by atoms with Gasteiger partial charge in [0.05, 0.1) is 13.2 Å². The van der Waals surface area contributed by atoms with Crippen LogP contribution in [0.2, 0.25) is 0 Å². The second kappa shape index (κ2) is 9.03. The highest BCUT2D eigenvalue weighted by Crippen LogP contribution is 2.46. The number of piperazine rings is 1. The van der Waals surface area contributed by atoms with Crippen LogP contribution in [0.4, 0.5) is 0 Å². The average molecular weight is 470 g/mol. The van der Waals surface area contributed by atoms with Crippen LogP contribution >= 0.6 is 0 Å². The van der Waals surface area contributed by atoms with Gasteiger partial charge in [0.15, 0.2) is 0 Å². The number of fused-ring (bicyclic) bond motifs is 1. The van der Waals surface area contributed by atoms with E-state index in [0.29, 0.717) is 19.6 Å². The highest BCUT2D eigenvalue weighted by Gasteiger charge is 2.49. The minimum absolute atomic E-state index is 0.0108. The number of nitrogens with zero attached hydrogens (tertiary/aromatic N) is 3. The van der Waals surface area contributed by atoms with Crippen molar-refractivity contribution in [1.82, 2.24) is 9.80 Å². The molecule has 1 fully saturated rings. The zero-order chi connectivity index (χ0) is 25.6. The Bertz CT molecular complexity index is 972. The molecular formula is C28H43N3O3. The highest BCUT2D eigenvalue weighted by atomic mass is 16.5. The van der Waals surface area contributed by atoms with Crippen molar-refractivity contribution in [3.05, 3.63) is 41.1 Å². The van der Waals surface area contributed by atoms with E-state index in [4.69, 9.17) is 9.73 Å². The smallest absolute Gasteiger partial charge is 0.328 e. The van der Waals surface area contributed by atoms with Gasteiger partial charge in [0.1, 0.15) is 17.6 Å². The summed E-state index contributed by atoms with van der Waals surface area (Å²) in [5.41, 5.74) is 2.99. The molecular weight excluding hydrogens is 426 g/mol. The fourth-order valence-corrected chi connectivity index (χ4v) is 5.09. The van der Waals surface area contributed by atoms with Crippen molar-refractivity contribution >= 4 is 11.8 Å². The van der Waals surface area contributed by atoms with Crippen LogP contribution in [0.1, 0.15) is 67.9 Å². The van der Waals surface area contributed by atoms with Crippen LogP contribution in [0.5, 0.6) is 5.75 Å². The molecule has 0 amide bonds. The number of aliphatic carboxylic acids is 1. The van der Waals surface area contributed by atoms with Crippen LogP contribution in [-0.2, 0) is 11.3 Å². The largest absolute Gasteiger partial charge is 0.497 e. The Morgan fingerprint density at radius 2 is 1.62 bits per heavy atom. The Morgan fingerprint density at radius 1 is 1.03 bits per heavy atom. The minimum atomic E-state index is -0.809. The van der Waals surface area contributed by atoms with Crippen LogP contribution in [0.3, 0.4) is 0 Å². The molecule has 0 saturated carbocycles. The number of carbonyl (C=O) groups is 1. The van der Waals surface area contributed by atoms with E-state index < -0.39 is 12.0 Å². The molecule has 34 heavy (non-hydrogen) atoms. The maximum atomic E-state index is 12.6. The fraction of sp³-hybridized carbons (Fsp3) is 0.643. The Balaban J connectivity index is 2.15. The summed E-state index contributed by atoms with van der Waals surface area (Å²) in [5.74, 6) is 0.893. The van der Waals surface area contributed by atoms with E-state index in [1.165, 1.54) is 5.57 Å². The molecule has 0 bridgehead atoms. The third-order valence-corrected chi connectivity index (χ3v) is 6.62. The molecule has 2 unspecified atom stereocenters. The van der Waals surface area contributed by atoms with Gasteiger partial charge in [0, 0.05) is 30.7 Å². The molecule has 0 aromatic heterocycles. The number of benzene rings is 1. The van der Waals surface area contributed by atoms with Gasteiger partial charge < -0.3 is 14.7 Å². The lowest BCUT2D eigenvalue weighted by Gasteiger charge is -2.52. The maximum absolute atomic E-state index is 12.6. The molecule has 0 spiro atoms. The van der Waals surface area contributed by atoms with E-state index in [0.717, 1.165) is 22.8 Å². The normalized spacial score (nSPS) is 22.4. The van der Waals surface area contributed by atoms with Crippen molar-refractivity contribution < 1.29 is 14.6 Å². The molecule has 0 radical (unpaired) electrons. The Morgan fingerprint density at radius 3 is 2.06 bits per heavy atom. The van der Waals surface area contributed by atoms with Crippen molar-refractivity contribution in [2.75, 3.05) is 20.2 Å². The molecule has 6 nitrogen and oxygen atoms in total. The molecule has 1 aromatic rings. The van der Waals surface area contributed by atoms with Crippen molar-refractivity contribution in [3.63, 3.8) is 0 Å². The summed E-state index contributed by atoms with van der Waals surface area (Å²) in [6.45, 7) is 21.6. The first kappa shape index (κ1) is 26.3. The summed E-state index contributed by atoms with van der Waals surface area (Å²) >= 11 is 0. The van der Waals surface area contributed by atoms with Gasteiger partial charge in [-0.3, -0.25) is 9.89 Å². The SMILES string of the molecule is COc1ccc(CN2CC3=C(C(C)(C)C)C(C(C)(C)C)N=C(C(C)(C)C)N3C(C(=O)O)C2)cc1. The quantitative estimate of drug-likeness (QED) is 0.636. The second-order valence-electron chi connectivity index (χ2n) is 12.8. The topological polar surface area (TPSA) is 65.4 Å². The molecule has 2 aliphatic heterocycles. The first-order chi connectivity index (χ1) is 15.5. The van der Waals surface area contributed by atoms with Crippen LogP contribution in [0, 0.1) is 16.2 Å². The summed E-state index contributed by atoms with van der Waals surface area (Å²) in [6, 6.07) is 7.34. The molecule has 2 aliphatic rings. The maximum Gasteiger partial charge on any atom is 0.328 e. The third-order valence-electron chi connectivity index (χ3n) is 6.62. The van der Waals surface area contributed by atoms with E-state index in [1.807, 2.05) is 12.1 Å². The van der Waals surface area contributed by atoms with E-state index in [2.05, 4.69) is 84.2 Å². The number of hydrogen-bond donors (Lipinski definition) is 1. The summed E-state index contributed by atoms with van der Waals surface area (Å²) in [7, 11) is 1.66. The van der Waals surface area contributed by atoms with Gasteiger partial charge in [-0.2, -0.15) is 0 Å². The molecule has 3 rings (SSSR count). The molecule has 2 atom stereocenters. The summed E-state index contributed by atoms with van der Waals surface area (Å²) in [5, 5.41) is 10.4. The Hall–Kier alpha value is -2.34. The minimum Gasteiger partial charge on any atom is -0.497 e.